The number of esters is 1. The first-order valence-corrected chi connectivity index (χ1v) is 5.35. The molecule has 82 valence electrons. The van der Waals surface area contributed by atoms with Gasteiger partial charge in [0.25, 0.3) is 0 Å². The van der Waals surface area contributed by atoms with Gasteiger partial charge in [0.05, 0.1) is 12.5 Å². The normalized spacial score (nSPS) is 25.6. The van der Waals surface area contributed by atoms with Gasteiger partial charge in [-0.2, -0.15) is 0 Å². The van der Waals surface area contributed by atoms with Crippen LogP contribution >= 0.6 is 0 Å². The third kappa shape index (κ3) is 1.89. The van der Waals surface area contributed by atoms with E-state index in [2.05, 4.69) is 4.98 Å². The third-order valence-electron chi connectivity index (χ3n) is 3.12. The van der Waals surface area contributed by atoms with E-state index in [1.165, 1.54) is 0 Å². The summed E-state index contributed by atoms with van der Waals surface area (Å²) in [6.45, 7) is 2.58. The summed E-state index contributed by atoms with van der Waals surface area (Å²) in [5, 5.41) is 0. The molecule has 0 saturated carbocycles. The van der Waals surface area contributed by atoms with Gasteiger partial charge < -0.3 is 9.30 Å². The lowest BCUT2D eigenvalue weighted by Gasteiger charge is -2.12. The number of rotatable bonds is 3. The zero-order valence-corrected chi connectivity index (χ0v) is 9.14. The Balaban J connectivity index is 2.06. The largest absolute Gasteiger partial charge is 0.465 e. The monoisotopic (exact) mass is 208 g/mol. The summed E-state index contributed by atoms with van der Waals surface area (Å²) in [5.74, 6) is 1.33. The van der Waals surface area contributed by atoms with Gasteiger partial charge in [-0.1, -0.05) is 6.92 Å². The lowest BCUT2D eigenvalue weighted by Crippen LogP contribution is -2.18. The number of hydrogen-bond acceptors (Lipinski definition) is 3. The van der Waals surface area contributed by atoms with Gasteiger partial charge in [-0.3, -0.25) is 4.79 Å². The van der Waals surface area contributed by atoms with Crippen LogP contribution < -0.4 is 0 Å². The number of hydrogen-bond donors (Lipinski definition) is 0. The van der Waals surface area contributed by atoms with Crippen molar-refractivity contribution in [3.63, 3.8) is 0 Å². The summed E-state index contributed by atoms with van der Waals surface area (Å²) in [6, 6.07) is 0. The molecule has 4 nitrogen and oxygen atoms in total. The van der Waals surface area contributed by atoms with E-state index in [0.717, 1.165) is 18.7 Å². The smallest absolute Gasteiger partial charge is 0.309 e. The van der Waals surface area contributed by atoms with Crippen molar-refractivity contribution in [3.05, 3.63) is 18.2 Å². The molecule has 0 spiro atoms. The quantitative estimate of drug-likeness (QED) is 0.700. The number of carbonyl (C=O) groups excluding carboxylic acids is 1. The van der Waals surface area contributed by atoms with Crippen molar-refractivity contribution >= 4 is 5.97 Å². The van der Waals surface area contributed by atoms with Crippen LogP contribution in [0.15, 0.2) is 12.4 Å². The Morgan fingerprint density at radius 3 is 3.07 bits per heavy atom. The molecule has 0 unspecified atom stereocenters. The molecule has 1 saturated heterocycles. The molecule has 0 radical (unpaired) electrons. The SMILES string of the molecule is CC[C@@H]1C(=O)OC[C@@H]1Cc1nccn1C. The second kappa shape index (κ2) is 4.04. The Hall–Kier alpha value is -1.32. The van der Waals surface area contributed by atoms with E-state index in [9.17, 15) is 4.79 Å². The zero-order chi connectivity index (χ0) is 10.8. The topological polar surface area (TPSA) is 44.1 Å². The molecule has 1 fully saturated rings. The van der Waals surface area contributed by atoms with Crippen molar-refractivity contribution in [2.24, 2.45) is 18.9 Å². The van der Waals surface area contributed by atoms with Gasteiger partial charge >= 0.3 is 5.97 Å². The summed E-state index contributed by atoms with van der Waals surface area (Å²) in [7, 11) is 1.97. The van der Waals surface area contributed by atoms with E-state index in [4.69, 9.17) is 4.74 Å². The van der Waals surface area contributed by atoms with Gasteiger partial charge in [0, 0.05) is 31.8 Å². The lowest BCUT2D eigenvalue weighted by atomic mass is 9.90. The predicted octanol–water partition coefficient (Wildman–Crippen LogP) is 1.16. The zero-order valence-electron chi connectivity index (χ0n) is 9.14. The maximum absolute atomic E-state index is 11.4. The highest BCUT2D eigenvalue weighted by molar-refractivity contribution is 5.74. The summed E-state index contributed by atoms with van der Waals surface area (Å²) in [6.07, 6.45) is 5.39. The minimum atomic E-state index is -0.0447. The molecule has 0 aliphatic carbocycles. The summed E-state index contributed by atoms with van der Waals surface area (Å²) < 4.78 is 7.08. The van der Waals surface area contributed by atoms with Crippen molar-refractivity contribution in [1.82, 2.24) is 9.55 Å². The molecule has 0 bridgehead atoms. The third-order valence-corrected chi connectivity index (χ3v) is 3.12. The van der Waals surface area contributed by atoms with E-state index >= 15 is 0 Å². The molecule has 2 atom stereocenters. The molecular formula is C11H16N2O2. The first kappa shape index (κ1) is 10.2. The number of nitrogens with zero attached hydrogens (tertiary/aromatic N) is 2. The number of ether oxygens (including phenoxy) is 1. The van der Waals surface area contributed by atoms with E-state index in [0.29, 0.717) is 12.5 Å². The predicted molar refractivity (Wildman–Crippen MR) is 55.1 cm³/mol. The van der Waals surface area contributed by atoms with Crippen LogP contribution in [-0.2, 0) is 23.0 Å². The highest BCUT2D eigenvalue weighted by atomic mass is 16.5. The van der Waals surface area contributed by atoms with Crippen LogP contribution in [0.4, 0.5) is 0 Å². The van der Waals surface area contributed by atoms with Gasteiger partial charge in [-0.15, -0.1) is 0 Å². The number of cyclic esters (lactones) is 1. The average Bonchev–Trinajstić information content (AvgIpc) is 2.76. The molecular weight excluding hydrogens is 192 g/mol. The van der Waals surface area contributed by atoms with Crippen LogP contribution in [0, 0.1) is 11.8 Å². The molecule has 1 aliphatic rings. The Labute approximate surface area is 89.3 Å². The molecule has 0 aromatic carbocycles. The number of aromatic nitrogens is 2. The van der Waals surface area contributed by atoms with Gasteiger partial charge in [-0.25, -0.2) is 4.98 Å². The summed E-state index contributed by atoms with van der Waals surface area (Å²) in [5.41, 5.74) is 0. The van der Waals surface area contributed by atoms with Crippen LogP contribution in [-0.4, -0.2) is 22.1 Å². The molecule has 0 amide bonds. The van der Waals surface area contributed by atoms with Crippen LogP contribution in [0.3, 0.4) is 0 Å². The number of imidazole rings is 1. The Kier molecular flexibility index (Phi) is 2.75. The second-order valence-corrected chi connectivity index (χ2v) is 4.06. The fourth-order valence-electron chi connectivity index (χ4n) is 2.13. The molecule has 1 aromatic rings. The van der Waals surface area contributed by atoms with Crippen molar-refractivity contribution in [3.8, 4) is 0 Å². The van der Waals surface area contributed by atoms with Crippen molar-refractivity contribution in [1.29, 1.82) is 0 Å². The number of carbonyl (C=O) groups is 1. The maximum atomic E-state index is 11.4. The van der Waals surface area contributed by atoms with Crippen LogP contribution in [0.5, 0.6) is 0 Å². The van der Waals surface area contributed by atoms with Gasteiger partial charge in [0.15, 0.2) is 0 Å². The molecule has 2 rings (SSSR count). The standard InChI is InChI=1S/C11H16N2O2/c1-3-9-8(7-15-11(9)14)6-10-12-4-5-13(10)2/h4-5,8-9H,3,6-7H2,1-2H3/t8-,9-/m0/s1. The first-order chi connectivity index (χ1) is 7.22. The molecule has 2 heterocycles. The first-order valence-electron chi connectivity index (χ1n) is 5.35. The van der Waals surface area contributed by atoms with Gasteiger partial charge in [0.1, 0.15) is 5.82 Å². The van der Waals surface area contributed by atoms with Crippen LogP contribution in [0.2, 0.25) is 0 Å². The number of aryl methyl sites for hydroxylation is 1. The molecule has 1 aromatic heterocycles. The van der Waals surface area contributed by atoms with Gasteiger partial charge in [0.2, 0.25) is 0 Å². The minimum Gasteiger partial charge on any atom is -0.465 e. The van der Waals surface area contributed by atoms with Crippen molar-refractivity contribution < 1.29 is 9.53 Å². The van der Waals surface area contributed by atoms with E-state index in [1.54, 1.807) is 6.20 Å². The van der Waals surface area contributed by atoms with Crippen LogP contribution in [0.25, 0.3) is 0 Å². The minimum absolute atomic E-state index is 0.0447. The maximum Gasteiger partial charge on any atom is 0.309 e. The summed E-state index contributed by atoms with van der Waals surface area (Å²) >= 11 is 0. The lowest BCUT2D eigenvalue weighted by molar-refractivity contribution is -0.141. The fraction of sp³-hybridized carbons (Fsp3) is 0.636. The second-order valence-electron chi connectivity index (χ2n) is 4.06. The fourth-order valence-corrected chi connectivity index (χ4v) is 2.13. The Morgan fingerprint density at radius 1 is 1.67 bits per heavy atom. The Bertz CT molecular complexity index is 359. The molecule has 4 heteroatoms. The van der Waals surface area contributed by atoms with E-state index < -0.39 is 0 Å². The van der Waals surface area contributed by atoms with Crippen molar-refractivity contribution in [2.75, 3.05) is 6.61 Å². The highest BCUT2D eigenvalue weighted by Crippen LogP contribution is 2.27. The summed E-state index contributed by atoms with van der Waals surface area (Å²) in [4.78, 5) is 15.6. The molecule has 0 N–H and O–H groups in total. The average molecular weight is 208 g/mol. The van der Waals surface area contributed by atoms with E-state index in [1.807, 2.05) is 24.7 Å². The van der Waals surface area contributed by atoms with E-state index in [-0.39, 0.29) is 11.9 Å². The van der Waals surface area contributed by atoms with Crippen molar-refractivity contribution in [2.45, 2.75) is 19.8 Å². The molecule has 1 aliphatic heterocycles. The van der Waals surface area contributed by atoms with Crippen LogP contribution in [0.1, 0.15) is 19.2 Å². The highest BCUT2D eigenvalue weighted by Gasteiger charge is 2.35. The van der Waals surface area contributed by atoms with Gasteiger partial charge in [-0.05, 0) is 6.42 Å². The Morgan fingerprint density at radius 2 is 2.47 bits per heavy atom. The molecule has 15 heavy (non-hydrogen) atoms.